The van der Waals surface area contributed by atoms with Gasteiger partial charge in [0.2, 0.25) is 0 Å². The van der Waals surface area contributed by atoms with Crippen LogP contribution in [-0.2, 0) is 11.3 Å². The standard InChI is InChI=1S/C12H15F2NOS/c13-10-4-8(6-15)5-11(14)12(10)17-7-9-2-1-3-16-9/h4-5,9H,1-3,6-7,15H2. The van der Waals surface area contributed by atoms with Crippen LogP contribution in [-0.4, -0.2) is 18.5 Å². The van der Waals surface area contributed by atoms with Crippen LogP contribution in [0.15, 0.2) is 17.0 Å². The average molecular weight is 259 g/mol. The lowest BCUT2D eigenvalue weighted by atomic mass is 10.2. The van der Waals surface area contributed by atoms with E-state index in [4.69, 9.17) is 10.5 Å². The predicted molar refractivity (Wildman–Crippen MR) is 63.9 cm³/mol. The van der Waals surface area contributed by atoms with Gasteiger partial charge >= 0.3 is 0 Å². The van der Waals surface area contributed by atoms with E-state index in [9.17, 15) is 8.78 Å². The van der Waals surface area contributed by atoms with Crippen LogP contribution in [0.5, 0.6) is 0 Å². The molecule has 2 rings (SSSR count). The van der Waals surface area contributed by atoms with Gasteiger partial charge in [-0.25, -0.2) is 8.78 Å². The lowest BCUT2D eigenvalue weighted by molar-refractivity contribution is 0.129. The fourth-order valence-corrected chi connectivity index (χ4v) is 2.83. The van der Waals surface area contributed by atoms with E-state index in [0.29, 0.717) is 11.3 Å². The molecular formula is C12H15F2NOS. The SMILES string of the molecule is NCc1cc(F)c(SCC2CCCO2)c(F)c1. The van der Waals surface area contributed by atoms with Gasteiger partial charge in [-0.3, -0.25) is 0 Å². The fraction of sp³-hybridized carbons (Fsp3) is 0.500. The van der Waals surface area contributed by atoms with Crippen LogP contribution < -0.4 is 5.73 Å². The summed E-state index contributed by atoms with van der Waals surface area (Å²) in [6.45, 7) is 0.896. The zero-order valence-electron chi connectivity index (χ0n) is 9.42. The highest BCUT2D eigenvalue weighted by Gasteiger charge is 2.18. The Morgan fingerprint density at radius 1 is 1.35 bits per heavy atom. The summed E-state index contributed by atoms with van der Waals surface area (Å²) >= 11 is 1.17. The minimum atomic E-state index is -0.534. The molecule has 1 aromatic carbocycles. The van der Waals surface area contributed by atoms with Crippen LogP contribution >= 0.6 is 11.8 Å². The Hall–Kier alpha value is -0.650. The van der Waals surface area contributed by atoms with Crippen molar-refractivity contribution in [2.24, 2.45) is 5.73 Å². The van der Waals surface area contributed by atoms with Crippen molar-refractivity contribution < 1.29 is 13.5 Å². The molecule has 1 aromatic rings. The van der Waals surface area contributed by atoms with Crippen LogP contribution in [0.4, 0.5) is 8.78 Å². The number of benzene rings is 1. The third-order valence-corrected chi connectivity index (χ3v) is 3.95. The monoisotopic (exact) mass is 259 g/mol. The zero-order chi connectivity index (χ0) is 12.3. The van der Waals surface area contributed by atoms with Crippen LogP contribution in [0.3, 0.4) is 0 Å². The maximum absolute atomic E-state index is 13.6. The zero-order valence-corrected chi connectivity index (χ0v) is 10.2. The molecular weight excluding hydrogens is 244 g/mol. The molecule has 1 unspecified atom stereocenters. The van der Waals surface area contributed by atoms with Crippen molar-refractivity contribution in [2.45, 2.75) is 30.4 Å². The minimum Gasteiger partial charge on any atom is -0.377 e. The number of ether oxygens (including phenoxy) is 1. The molecule has 1 atom stereocenters. The van der Waals surface area contributed by atoms with E-state index in [1.807, 2.05) is 0 Å². The highest BCUT2D eigenvalue weighted by Crippen LogP contribution is 2.29. The van der Waals surface area contributed by atoms with Gasteiger partial charge in [0.15, 0.2) is 0 Å². The summed E-state index contributed by atoms with van der Waals surface area (Å²) in [6.07, 6.45) is 2.12. The summed E-state index contributed by atoms with van der Waals surface area (Å²) in [6, 6.07) is 2.59. The predicted octanol–water partition coefficient (Wildman–Crippen LogP) is 2.69. The van der Waals surface area contributed by atoms with E-state index < -0.39 is 11.6 Å². The molecule has 0 aromatic heterocycles. The molecule has 0 amide bonds. The number of rotatable bonds is 4. The molecule has 0 aliphatic carbocycles. The number of halogens is 2. The molecule has 1 fully saturated rings. The fourth-order valence-electron chi connectivity index (χ4n) is 1.82. The summed E-state index contributed by atoms with van der Waals surface area (Å²) in [4.78, 5) is 0.0673. The smallest absolute Gasteiger partial charge is 0.140 e. The van der Waals surface area contributed by atoms with Gasteiger partial charge in [0.05, 0.1) is 11.0 Å². The molecule has 1 heterocycles. The Morgan fingerprint density at radius 2 is 2.06 bits per heavy atom. The Morgan fingerprint density at radius 3 is 2.59 bits per heavy atom. The minimum absolute atomic E-state index is 0.0673. The molecule has 1 saturated heterocycles. The molecule has 17 heavy (non-hydrogen) atoms. The molecule has 94 valence electrons. The molecule has 5 heteroatoms. The normalized spacial score (nSPS) is 19.8. The van der Waals surface area contributed by atoms with Gasteiger partial charge in [-0.05, 0) is 30.5 Å². The van der Waals surface area contributed by atoms with Crippen molar-refractivity contribution in [3.63, 3.8) is 0 Å². The molecule has 0 radical (unpaired) electrons. The van der Waals surface area contributed by atoms with Gasteiger partial charge in [-0.1, -0.05) is 0 Å². The summed E-state index contributed by atoms with van der Waals surface area (Å²) < 4.78 is 32.6. The van der Waals surface area contributed by atoms with Gasteiger partial charge in [-0.2, -0.15) is 0 Å². The summed E-state index contributed by atoms with van der Waals surface area (Å²) in [5.41, 5.74) is 5.82. The molecule has 0 bridgehead atoms. The number of nitrogens with two attached hydrogens (primary N) is 1. The van der Waals surface area contributed by atoms with Crippen LogP contribution in [0.25, 0.3) is 0 Å². The average Bonchev–Trinajstić information content (AvgIpc) is 2.80. The maximum atomic E-state index is 13.6. The van der Waals surface area contributed by atoms with Crippen LogP contribution in [0.2, 0.25) is 0 Å². The van der Waals surface area contributed by atoms with E-state index >= 15 is 0 Å². The summed E-state index contributed by atoms with van der Waals surface area (Å²) in [7, 11) is 0. The quantitative estimate of drug-likeness (QED) is 0.844. The summed E-state index contributed by atoms with van der Waals surface area (Å²) in [5.74, 6) is -0.475. The number of hydrogen-bond donors (Lipinski definition) is 1. The molecule has 1 aliphatic heterocycles. The van der Waals surface area contributed by atoms with E-state index in [2.05, 4.69) is 0 Å². The first-order valence-electron chi connectivity index (χ1n) is 5.63. The number of hydrogen-bond acceptors (Lipinski definition) is 3. The van der Waals surface area contributed by atoms with E-state index in [1.165, 1.54) is 23.9 Å². The van der Waals surface area contributed by atoms with Gasteiger partial charge in [0.25, 0.3) is 0 Å². The second kappa shape index (κ2) is 5.80. The van der Waals surface area contributed by atoms with Gasteiger partial charge < -0.3 is 10.5 Å². The molecule has 1 aliphatic rings. The third-order valence-electron chi connectivity index (χ3n) is 2.73. The Bertz CT molecular complexity index is 371. The number of thioether (sulfide) groups is 1. The second-order valence-corrected chi connectivity index (χ2v) is 5.07. The topological polar surface area (TPSA) is 35.2 Å². The highest BCUT2D eigenvalue weighted by atomic mass is 32.2. The van der Waals surface area contributed by atoms with Gasteiger partial charge in [0.1, 0.15) is 11.6 Å². The molecule has 2 N–H and O–H groups in total. The molecule has 0 saturated carbocycles. The second-order valence-electron chi connectivity index (χ2n) is 4.04. The van der Waals surface area contributed by atoms with Crippen molar-refractivity contribution in [2.75, 3.05) is 12.4 Å². The van der Waals surface area contributed by atoms with Gasteiger partial charge in [0, 0.05) is 18.9 Å². The third kappa shape index (κ3) is 3.18. The van der Waals surface area contributed by atoms with E-state index in [0.717, 1.165) is 19.4 Å². The van der Waals surface area contributed by atoms with Crippen molar-refractivity contribution >= 4 is 11.8 Å². The molecule has 2 nitrogen and oxygen atoms in total. The van der Waals surface area contributed by atoms with Crippen LogP contribution in [0.1, 0.15) is 18.4 Å². The first kappa shape index (κ1) is 12.8. The highest BCUT2D eigenvalue weighted by molar-refractivity contribution is 7.99. The van der Waals surface area contributed by atoms with Crippen molar-refractivity contribution in [1.29, 1.82) is 0 Å². The maximum Gasteiger partial charge on any atom is 0.140 e. The first-order valence-corrected chi connectivity index (χ1v) is 6.61. The Kier molecular flexibility index (Phi) is 4.36. The van der Waals surface area contributed by atoms with Gasteiger partial charge in [-0.15, -0.1) is 11.8 Å². The van der Waals surface area contributed by atoms with Crippen molar-refractivity contribution in [3.8, 4) is 0 Å². The first-order chi connectivity index (χ1) is 8.20. The lowest BCUT2D eigenvalue weighted by Crippen LogP contribution is -2.08. The van der Waals surface area contributed by atoms with E-state index in [1.54, 1.807) is 0 Å². The van der Waals surface area contributed by atoms with Crippen LogP contribution in [0, 0.1) is 11.6 Å². The summed E-state index contributed by atoms with van der Waals surface area (Å²) in [5, 5.41) is 0. The Labute approximate surface area is 104 Å². The Balaban J connectivity index is 2.04. The molecule has 0 spiro atoms. The van der Waals surface area contributed by atoms with Crippen molar-refractivity contribution in [1.82, 2.24) is 0 Å². The largest absolute Gasteiger partial charge is 0.377 e. The lowest BCUT2D eigenvalue weighted by Gasteiger charge is -2.10. The van der Waals surface area contributed by atoms with Crippen molar-refractivity contribution in [3.05, 3.63) is 29.3 Å². The van der Waals surface area contributed by atoms with E-state index in [-0.39, 0.29) is 17.5 Å².